The molecule has 5 aromatic rings. The summed E-state index contributed by atoms with van der Waals surface area (Å²) in [4.78, 5) is 21.8. The van der Waals surface area contributed by atoms with E-state index in [0.717, 1.165) is 44.9 Å². The molecule has 7 nitrogen and oxygen atoms in total. The minimum atomic E-state index is 0.655. The van der Waals surface area contributed by atoms with E-state index in [2.05, 4.69) is 25.1 Å². The summed E-state index contributed by atoms with van der Waals surface area (Å²) in [7, 11) is 0. The summed E-state index contributed by atoms with van der Waals surface area (Å²) >= 11 is 0. The number of aryl methyl sites for hydroxylation is 1. The van der Waals surface area contributed by atoms with Crippen LogP contribution in [-0.2, 0) is 0 Å². The Morgan fingerprint density at radius 3 is 2.72 bits per heavy atom. The molecule has 0 atom stereocenters. The molecule has 2 N–H and O–H groups in total. The monoisotopic (exact) mass is 419 g/mol. The van der Waals surface area contributed by atoms with Crippen molar-refractivity contribution in [3.05, 3.63) is 96.4 Å². The van der Waals surface area contributed by atoms with Crippen molar-refractivity contribution < 1.29 is 0 Å². The maximum Gasteiger partial charge on any atom is 0.161 e. The number of aromatic amines is 2. The Morgan fingerprint density at radius 2 is 1.94 bits per heavy atom. The van der Waals surface area contributed by atoms with Gasteiger partial charge in [0.25, 0.3) is 0 Å². The molecule has 0 unspecified atom stereocenters. The lowest BCUT2D eigenvalue weighted by Gasteiger charge is -2.04. The second-order valence-corrected chi connectivity index (χ2v) is 7.29. The Bertz CT molecular complexity index is 1430. The molecule has 32 heavy (non-hydrogen) atoms. The first-order valence-corrected chi connectivity index (χ1v) is 10.3. The van der Waals surface area contributed by atoms with Gasteiger partial charge < -0.3 is 4.98 Å². The van der Waals surface area contributed by atoms with E-state index in [0.29, 0.717) is 11.5 Å². The Labute approximate surface area is 185 Å². The Morgan fingerprint density at radius 1 is 1.00 bits per heavy atom. The summed E-state index contributed by atoms with van der Waals surface area (Å²) in [6, 6.07) is 13.7. The fraction of sp³-hybridized carbons (Fsp3) is 0.0800. The van der Waals surface area contributed by atoms with Gasteiger partial charge in [0, 0.05) is 35.4 Å². The van der Waals surface area contributed by atoms with Crippen molar-refractivity contribution in [2.24, 2.45) is 0 Å². The summed E-state index contributed by atoms with van der Waals surface area (Å²) in [5.41, 5.74) is 7.61. The average molecular weight is 419 g/mol. The largest absolute Gasteiger partial charge is 0.340 e. The zero-order valence-corrected chi connectivity index (χ0v) is 17.7. The molecular weight excluding hydrogens is 398 g/mol. The Kier molecular flexibility index (Phi) is 5.13. The van der Waals surface area contributed by atoms with E-state index in [1.54, 1.807) is 18.6 Å². The second-order valence-electron chi connectivity index (χ2n) is 7.29. The van der Waals surface area contributed by atoms with Crippen LogP contribution < -0.4 is 0 Å². The number of H-pyrrole nitrogens is 2. The highest BCUT2D eigenvalue weighted by atomic mass is 15.2. The number of hydrogen-bond donors (Lipinski definition) is 2. The lowest BCUT2D eigenvalue weighted by Crippen LogP contribution is -1.93. The van der Waals surface area contributed by atoms with E-state index in [1.807, 2.05) is 74.5 Å². The van der Waals surface area contributed by atoms with E-state index < -0.39 is 0 Å². The summed E-state index contributed by atoms with van der Waals surface area (Å²) < 4.78 is 0. The van der Waals surface area contributed by atoms with Gasteiger partial charge in [0.05, 0.1) is 22.6 Å². The molecule has 0 aliphatic rings. The fourth-order valence-electron chi connectivity index (χ4n) is 3.57. The van der Waals surface area contributed by atoms with Crippen LogP contribution in [0.1, 0.15) is 24.0 Å². The third-order valence-electron chi connectivity index (χ3n) is 5.13. The summed E-state index contributed by atoms with van der Waals surface area (Å²) in [5, 5.41) is 7.57. The molecule has 156 valence electrons. The number of aromatic nitrogens is 7. The van der Waals surface area contributed by atoms with Crippen LogP contribution in [0.15, 0.2) is 79.3 Å². The van der Waals surface area contributed by atoms with Crippen molar-refractivity contribution in [2.75, 3.05) is 0 Å². The van der Waals surface area contributed by atoms with E-state index >= 15 is 0 Å². The van der Waals surface area contributed by atoms with Crippen molar-refractivity contribution >= 4 is 16.6 Å². The predicted molar refractivity (Wildman–Crippen MR) is 126 cm³/mol. The van der Waals surface area contributed by atoms with Crippen LogP contribution in [0.5, 0.6) is 0 Å². The van der Waals surface area contributed by atoms with Crippen LogP contribution >= 0.6 is 0 Å². The van der Waals surface area contributed by atoms with E-state index in [1.165, 1.54) is 0 Å². The van der Waals surface area contributed by atoms with Gasteiger partial charge in [-0.15, -0.1) is 0 Å². The average Bonchev–Trinajstić information content (AvgIpc) is 3.43. The van der Waals surface area contributed by atoms with Crippen LogP contribution in [0, 0.1) is 6.92 Å². The maximum atomic E-state index is 4.90. The molecule has 5 rings (SSSR count). The molecule has 0 spiro atoms. The van der Waals surface area contributed by atoms with Crippen molar-refractivity contribution in [3.8, 4) is 22.8 Å². The highest BCUT2D eigenvalue weighted by Crippen LogP contribution is 2.30. The maximum absolute atomic E-state index is 4.90. The molecule has 5 heterocycles. The Hall–Kier alpha value is -4.39. The fourth-order valence-corrected chi connectivity index (χ4v) is 3.57. The number of imidazole rings is 1. The summed E-state index contributed by atoms with van der Waals surface area (Å²) in [5.74, 6) is 0.655. The molecule has 0 saturated carbocycles. The molecule has 0 amide bonds. The number of rotatable bonds is 5. The SMILES string of the molecule is C/C=C\C=C(\c1ccccn1)c1nc(-c2n[nH]c3ccc(-c4cccnc4)nc23)[nH]c1C. The van der Waals surface area contributed by atoms with Crippen LogP contribution in [0.3, 0.4) is 0 Å². The third-order valence-corrected chi connectivity index (χ3v) is 5.13. The van der Waals surface area contributed by atoms with Gasteiger partial charge in [0.2, 0.25) is 0 Å². The van der Waals surface area contributed by atoms with Gasteiger partial charge in [-0.05, 0) is 50.2 Å². The van der Waals surface area contributed by atoms with Crippen LogP contribution in [0.4, 0.5) is 0 Å². The minimum Gasteiger partial charge on any atom is -0.340 e. The van der Waals surface area contributed by atoms with E-state index in [9.17, 15) is 0 Å². The normalized spacial score (nSPS) is 12.1. The second kappa shape index (κ2) is 8.39. The molecular formula is C25H21N7. The topological polar surface area (TPSA) is 96.0 Å². The van der Waals surface area contributed by atoms with Crippen molar-refractivity contribution in [1.82, 2.24) is 35.1 Å². The first-order chi connectivity index (χ1) is 15.7. The van der Waals surface area contributed by atoms with Crippen molar-refractivity contribution in [2.45, 2.75) is 13.8 Å². The van der Waals surface area contributed by atoms with Gasteiger partial charge in [0.15, 0.2) is 11.5 Å². The molecule has 0 fully saturated rings. The number of nitrogens with zero attached hydrogens (tertiary/aromatic N) is 5. The number of hydrogen-bond acceptors (Lipinski definition) is 5. The smallest absolute Gasteiger partial charge is 0.161 e. The van der Waals surface area contributed by atoms with Gasteiger partial charge in [-0.3, -0.25) is 15.1 Å². The quantitative estimate of drug-likeness (QED) is 0.385. The predicted octanol–water partition coefficient (Wildman–Crippen LogP) is 5.12. The van der Waals surface area contributed by atoms with Gasteiger partial charge >= 0.3 is 0 Å². The van der Waals surface area contributed by atoms with Gasteiger partial charge in [-0.1, -0.05) is 24.3 Å². The first kappa shape index (κ1) is 19.6. The van der Waals surface area contributed by atoms with Crippen LogP contribution in [0.25, 0.3) is 39.4 Å². The molecule has 0 aliphatic heterocycles. The number of pyridine rings is 3. The molecule has 0 aliphatic carbocycles. The zero-order chi connectivity index (χ0) is 21.9. The molecule has 0 aromatic carbocycles. The highest BCUT2D eigenvalue weighted by Gasteiger charge is 2.19. The standard InChI is InChI=1S/C25H21N7/c1-3-4-9-18(20-10-5-6-14-27-20)22-16(2)28-25(30-22)24-23-21(31-32-24)12-11-19(29-23)17-8-7-13-26-15-17/h3-15H,1-2H3,(H,28,30)(H,31,32)/b4-3-,18-9-. The van der Waals surface area contributed by atoms with Crippen molar-refractivity contribution in [1.29, 1.82) is 0 Å². The molecule has 7 heteroatoms. The van der Waals surface area contributed by atoms with Crippen LogP contribution in [-0.4, -0.2) is 35.1 Å². The van der Waals surface area contributed by atoms with E-state index in [-0.39, 0.29) is 0 Å². The first-order valence-electron chi connectivity index (χ1n) is 10.3. The number of nitrogens with one attached hydrogen (secondary N) is 2. The van der Waals surface area contributed by atoms with Gasteiger partial charge in [-0.25, -0.2) is 9.97 Å². The lowest BCUT2D eigenvalue weighted by atomic mass is 10.1. The lowest BCUT2D eigenvalue weighted by molar-refractivity contribution is 1.10. The number of fused-ring (bicyclic) bond motifs is 1. The van der Waals surface area contributed by atoms with Crippen molar-refractivity contribution in [3.63, 3.8) is 0 Å². The zero-order valence-electron chi connectivity index (χ0n) is 17.7. The summed E-state index contributed by atoms with van der Waals surface area (Å²) in [6.45, 7) is 3.98. The van der Waals surface area contributed by atoms with Gasteiger partial charge in [0.1, 0.15) is 5.52 Å². The van der Waals surface area contributed by atoms with Gasteiger partial charge in [-0.2, -0.15) is 5.10 Å². The molecule has 0 saturated heterocycles. The molecule has 5 aromatic heterocycles. The summed E-state index contributed by atoms with van der Waals surface area (Å²) in [6.07, 6.45) is 11.3. The minimum absolute atomic E-state index is 0.655. The molecule has 0 radical (unpaired) electrons. The Balaban J connectivity index is 1.62. The highest BCUT2D eigenvalue weighted by molar-refractivity contribution is 5.90. The third kappa shape index (κ3) is 3.60. The van der Waals surface area contributed by atoms with Crippen LogP contribution in [0.2, 0.25) is 0 Å². The van der Waals surface area contributed by atoms with E-state index in [4.69, 9.17) is 9.97 Å². The number of allylic oxidation sites excluding steroid dienone is 3. The molecule has 0 bridgehead atoms.